The zero-order valence-corrected chi connectivity index (χ0v) is 22.1. The van der Waals surface area contributed by atoms with E-state index in [1.165, 1.54) is 41.9 Å². The first-order valence-electron chi connectivity index (χ1n) is 11.5. The van der Waals surface area contributed by atoms with Gasteiger partial charge in [0.25, 0.3) is 0 Å². The van der Waals surface area contributed by atoms with Crippen LogP contribution in [0.5, 0.6) is 5.75 Å². The molecule has 0 spiro atoms. The van der Waals surface area contributed by atoms with Gasteiger partial charge in [-0.15, -0.1) is 0 Å². The van der Waals surface area contributed by atoms with E-state index in [0.717, 1.165) is 18.2 Å². The van der Waals surface area contributed by atoms with Crippen molar-refractivity contribution in [2.24, 2.45) is 0 Å². The van der Waals surface area contributed by atoms with Crippen molar-refractivity contribution in [1.82, 2.24) is 9.29 Å². The van der Waals surface area contributed by atoms with Gasteiger partial charge in [0.15, 0.2) is 0 Å². The lowest BCUT2D eigenvalue weighted by Crippen LogP contribution is -2.33. The van der Waals surface area contributed by atoms with Crippen molar-refractivity contribution in [2.45, 2.75) is 22.5 Å². The summed E-state index contributed by atoms with van der Waals surface area (Å²) >= 11 is 0. The third kappa shape index (κ3) is 6.56. The van der Waals surface area contributed by atoms with Gasteiger partial charge in [-0.3, -0.25) is 4.98 Å². The Morgan fingerprint density at radius 3 is 2.36 bits per heavy atom. The number of nitrogens with zero attached hydrogens (tertiary/aromatic N) is 2. The van der Waals surface area contributed by atoms with Crippen LogP contribution in [0.15, 0.2) is 94.9 Å². The molecule has 0 unspecified atom stereocenters. The molecule has 1 aromatic heterocycles. The van der Waals surface area contributed by atoms with Gasteiger partial charge in [0.05, 0.1) is 17.7 Å². The Balaban J connectivity index is 1.63. The third-order valence-electron chi connectivity index (χ3n) is 5.67. The van der Waals surface area contributed by atoms with Crippen LogP contribution in [0.3, 0.4) is 0 Å². The van der Waals surface area contributed by atoms with Crippen LogP contribution in [-0.2, 0) is 37.6 Å². The molecule has 0 bridgehead atoms. The zero-order valence-electron chi connectivity index (χ0n) is 20.5. The largest absolute Gasteiger partial charge is 0.416 e. The van der Waals surface area contributed by atoms with Gasteiger partial charge in [-0.25, -0.2) is 8.42 Å². The van der Waals surface area contributed by atoms with Crippen molar-refractivity contribution in [1.29, 1.82) is 0 Å². The molecule has 0 saturated heterocycles. The van der Waals surface area contributed by atoms with E-state index in [2.05, 4.69) is 4.98 Å². The molecule has 13 heteroatoms. The minimum atomic E-state index is -4.73. The molecule has 0 saturated carbocycles. The van der Waals surface area contributed by atoms with Crippen molar-refractivity contribution in [3.63, 3.8) is 0 Å². The molecule has 39 heavy (non-hydrogen) atoms. The summed E-state index contributed by atoms with van der Waals surface area (Å²) in [7, 11) is -7.27. The summed E-state index contributed by atoms with van der Waals surface area (Å²) < 4.78 is 103. The van der Waals surface area contributed by atoms with Crippen LogP contribution in [0, 0.1) is 0 Å². The Morgan fingerprint density at radius 1 is 0.897 bits per heavy atom. The number of rotatable bonds is 10. The topological polar surface area (TPSA) is 103 Å². The number of hydrogen-bond donors (Lipinski definition) is 0. The van der Waals surface area contributed by atoms with Gasteiger partial charge >= 0.3 is 16.3 Å². The highest BCUT2D eigenvalue weighted by molar-refractivity contribution is 7.89. The SMILES string of the molecule is COCCN(Cc1cccc(OS(=O)(=O)c2cccc(C(F)(F)F)c2)c1)S(=O)(=O)c1cccc2cccnc12. The predicted molar refractivity (Wildman–Crippen MR) is 137 cm³/mol. The Kier molecular flexibility index (Phi) is 8.25. The van der Waals surface area contributed by atoms with Crippen molar-refractivity contribution in [2.75, 3.05) is 20.3 Å². The van der Waals surface area contributed by atoms with Gasteiger partial charge in [0, 0.05) is 31.8 Å². The first-order valence-corrected chi connectivity index (χ1v) is 14.3. The maximum atomic E-state index is 13.7. The number of aromatic nitrogens is 1. The number of alkyl halides is 3. The first-order chi connectivity index (χ1) is 18.4. The maximum absolute atomic E-state index is 13.7. The van der Waals surface area contributed by atoms with Gasteiger partial charge in [-0.1, -0.05) is 36.4 Å². The molecular weight excluding hydrogens is 557 g/mol. The molecule has 0 radical (unpaired) electrons. The minimum absolute atomic E-state index is 0.00349. The second-order valence-electron chi connectivity index (χ2n) is 8.37. The van der Waals surface area contributed by atoms with E-state index < -0.39 is 36.8 Å². The summed E-state index contributed by atoms with van der Waals surface area (Å²) in [6, 6.07) is 17.1. The molecule has 8 nitrogen and oxygen atoms in total. The maximum Gasteiger partial charge on any atom is 0.416 e. The van der Waals surface area contributed by atoms with Gasteiger partial charge in [0.2, 0.25) is 10.0 Å². The number of ether oxygens (including phenoxy) is 1. The molecule has 0 amide bonds. The van der Waals surface area contributed by atoms with E-state index in [1.54, 1.807) is 30.3 Å². The average molecular weight is 581 g/mol. The summed E-state index contributed by atoms with van der Waals surface area (Å²) in [6.45, 7) is -0.108. The lowest BCUT2D eigenvalue weighted by Gasteiger charge is -2.23. The number of sulfonamides is 1. The fourth-order valence-corrected chi connectivity index (χ4v) is 6.35. The number of benzene rings is 3. The normalized spacial score (nSPS) is 12.6. The van der Waals surface area contributed by atoms with Crippen LogP contribution in [0.4, 0.5) is 13.2 Å². The molecule has 0 atom stereocenters. The molecule has 4 aromatic rings. The summed E-state index contributed by atoms with van der Waals surface area (Å²) in [4.78, 5) is 3.55. The Bertz CT molecular complexity index is 1690. The highest BCUT2D eigenvalue weighted by Crippen LogP contribution is 2.31. The van der Waals surface area contributed by atoms with Gasteiger partial charge in [-0.2, -0.15) is 25.9 Å². The summed E-state index contributed by atoms with van der Waals surface area (Å²) in [5.41, 5.74) is -0.464. The molecule has 0 aliphatic rings. The quantitative estimate of drug-likeness (QED) is 0.247. The van der Waals surface area contributed by atoms with Crippen LogP contribution in [0.25, 0.3) is 10.9 Å². The molecule has 0 fully saturated rings. The summed E-state index contributed by atoms with van der Waals surface area (Å²) in [5.74, 6) is -0.194. The number of pyridine rings is 1. The van der Waals surface area contributed by atoms with Crippen molar-refractivity contribution in [3.8, 4) is 5.75 Å². The molecule has 4 rings (SSSR count). The van der Waals surface area contributed by atoms with E-state index in [0.29, 0.717) is 22.5 Å². The molecule has 0 N–H and O–H groups in total. The highest BCUT2D eigenvalue weighted by atomic mass is 32.2. The average Bonchev–Trinajstić information content (AvgIpc) is 2.90. The standard InChI is InChI=1S/C26H23F3N2O6S2/c1-36-15-14-31(38(32,33)24-12-3-7-20-8-5-13-30-25(20)24)18-19-6-2-10-22(16-19)37-39(34,35)23-11-4-9-21(17-23)26(27,28)29/h2-13,16-17H,14-15,18H2,1H3. The smallest absolute Gasteiger partial charge is 0.383 e. The molecule has 1 heterocycles. The molecule has 0 aliphatic carbocycles. The van der Waals surface area contributed by atoms with Crippen LogP contribution >= 0.6 is 0 Å². The van der Waals surface area contributed by atoms with E-state index in [-0.39, 0.29) is 30.3 Å². The fourth-order valence-electron chi connectivity index (χ4n) is 3.80. The highest BCUT2D eigenvalue weighted by Gasteiger charge is 2.32. The fraction of sp³-hybridized carbons (Fsp3) is 0.192. The van der Waals surface area contributed by atoms with Crippen molar-refractivity contribution in [3.05, 3.63) is 96.2 Å². The Hall–Kier alpha value is -3.52. The number of methoxy groups -OCH3 is 1. The first kappa shape index (κ1) is 28.5. The van der Waals surface area contributed by atoms with Crippen molar-refractivity contribution >= 4 is 31.0 Å². The van der Waals surface area contributed by atoms with E-state index in [4.69, 9.17) is 8.92 Å². The van der Waals surface area contributed by atoms with Crippen LogP contribution < -0.4 is 4.18 Å². The summed E-state index contributed by atoms with van der Waals surface area (Å²) in [6.07, 6.45) is -3.24. The summed E-state index contributed by atoms with van der Waals surface area (Å²) in [5, 5.41) is 0.639. The second-order valence-corrected chi connectivity index (χ2v) is 11.8. The third-order valence-corrected chi connectivity index (χ3v) is 8.79. The number of hydrogen-bond acceptors (Lipinski definition) is 7. The molecular formula is C26H23F3N2O6S2. The van der Waals surface area contributed by atoms with Crippen molar-refractivity contribution < 1.29 is 38.9 Å². The van der Waals surface area contributed by atoms with Crippen LogP contribution in [-0.4, -0.2) is 46.4 Å². The Morgan fingerprint density at radius 2 is 1.62 bits per heavy atom. The van der Waals surface area contributed by atoms with Crippen LogP contribution in [0.1, 0.15) is 11.1 Å². The molecule has 0 aliphatic heterocycles. The Labute approximate surface area is 223 Å². The lowest BCUT2D eigenvalue weighted by atomic mass is 10.2. The minimum Gasteiger partial charge on any atom is -0.383 e. The molecule has 206 valence electrons. The molecule has 3 aromatic carbocycles. The van der Waals surface area contributed by atoms with Gasteiger partial charge in [0.1, 0.15) is 15.5 Å². The van der Waals surface area contributed by atoms with E-state index >= 15 is 0 Å². The second kappa shape index (κ2) is 11.3. The van der Waals surface area contributed by atoms with E-state index in [1.807, 2.05) is 0 Å². The monoisotopic (exact) mass is 580 g/mol. The number of fused-ring (bicyclic) bond motifs is 1. The van der Waals surface area contributed by atoms with E-state index in [9.17, 15) is 30.0 Å². The van der Waals surface area contributed by atoms with Crippen LogP contribution in [0.2, 0.25) is 0 Å². The number of halogens is 3. The predicted octanol–water partition coefficient (Wildman–Crippen LogP) is 4.86. The van der Waals surface area contributed by atoms with Gasteiger partial charge < -0.3 is 8.92 Å². The number of para-hydroxylation sites is 1. The lowest BCUT2D eigenvalue weighted by molar-refractivity contribution is -0.137. The van der Waals surface area contributed by atoms with Gasteiger partial charge in [-0.05, 0) is 48.0 Å². The zero-order chi connectivity index (χ0) is 28.3.